The van der Waals surface area contributed by atoms with Gasteiger partial charge in [-0.2, -0.15) is 0 Å². The molecular weight excluding hydrogens is 214 g/mol. The minimum atomic E-state index is 0.702. The third kappa shape index (κ3) is 1.99. The summed E-state index contributed by atoms with van der Waals surface area (Å²) in [4.78, 5) is 8.39. The highest BCUT2D eigenvalue weighted by Crippen LogP contribution is 2.29. The van der Waals surface area contributed by atoms with Gasteiger partial charge in [0, 0.05) is 6.54 Å². The fourth-order valence-electron chi connectivity index (χ4n) is 1.82. The second-order valence-corrected chi connectivity index (χ2v) is 3.82. The second-order valence-electron chi connectivity index (χ2n) is 3.82. The molecule has 2 heterocycles. The van der Waals surface area contributed by atoms with Crippen molar-refractivity contribution in [2.75, 3.05) is 22.6 Å². The third-order valence-corrected chi connectivity index (χ3v) is 2.67. The number of nitrogens with zero attached hydrogens (tertiary/aromatic N) is 2. The minimum Gasteiger partial charge on any atom is -0.364 e. The largest absolute Gasteiger partial charge is 0.364 e. The van der Waals surface area contributed by atoms with Crippen LogP contribution in [0.2, 0.25) is 0 Å². The number of anilines is 3. The average molecular weight is 227 g/mol. The van der Waals surface area contributed by atoms with Crippen LogP contribution in [0.4, 0.5) is 17.3 Å². The molecule has 1 aromatic carbocycles. The maximum absolute atomic E-state index is 4.24. The molecule has 3 rings (SSSR count). The number of rotatable bonds is 3. The molecule has 0 atom stereocenters. The van der Waals surface area contributed by atoms with Crippen LogP contribution in [0.5, 0.6) is 0 Å². The summed E-state index contributed by atoms with van der Waals surface area (Å²) in [5.41, 5.74) is 2.18. The van der Waals surface area contributed by atoms with Gasteiger partial charge in [-0.05, 0) is 5.56 Å². The van der Waals surface area contributed by atoms with Crippen LogP contribution >= 0.6 is 0 Å². The zero-order chi connectivity index (χ0) is 11.5. The molecule has 0 spiro atoms. The van der Waals surface area contributed by atoms with Gasteiger partial charge >= 0.3 is 0 Å². The molecule has 0 aliphatic carbocycles. The van der Waals surface area contributed by atoms with E-state index in [4.69, 9.17) is 0 Å². The number of nitrogens with one attached hydrogen (secondary N) is 3. The minimum absolute atomic E-state index is 0.702. The molecule has 86 valence electrons. The lowest BCUT2D eigenvalue weighted by molar-refractivity contribution is 1.09. The Labute approximate surface area is 99.3 Å². The van der Waals surface area contributed by atoms with Gasteiger partial charge in [0.2, 0.25) is 0 Å². The van der Waals surface area contributed by atoms with Crippen LogP contribution in [0.1, 0.15) is 5.56 Å². The maximum Gasteiger partial charge on any atom is 0.156 e. The number of benzene rings is 1. The molecule has 2 aromatic rings. The second kappa shape index (κ2) is 4.29. The Morgan fingerprint density at radius 1 is 1.12 bits per heavy atom. The van der Waals surface area contributed by atoms with E-state index < -0.39 is 0 Å². The van der Waals surface area contributed by atoms with Crippen molar-refractivity contribution in [3.63, 3.8) is 0 Å². The summed E-state index contributed by atoms with van der Waals surface area (Å²) in [7, 11) is 0. The number of fused-ring (bicyclic) bond motifs is 1. The highest BCUT2D eigenvalue weighted by Gasteiger charge is 2.15. The normalized spacial score (nSPS) is 12.5. The molecule has 1 aromatic heterocycles. The lowest BCUT2D eigenvalue weighted by Gasteiger charge is -2.08. The van der Waals surface area contributed by atoms with Crippen molar-refractivity contribution in [3.8, 4) is 0 Å². The molecule has 0 unspecified atom stereocenters. The lowest BCUT2D eigenvalue weighted by atomic mass is 10.2. The van der Waals surface area contributed by atoms with E-state index in [9.17, 15) is 0 Å². The fraction of sp³-hybridized carbons (Fsp3) is 0.167. The molecular formula is C12H13N5. The van der Waals surface area contributed by atoms with Crippen LogP contribution in [0.25, 0.3) is 0 Å². The van der Waals surface area contributed by atoms with Gasteiger partial charge in [0.25, 0.3) is 0 Å². The Kier molecular flexibility index (Phi) is 2.50. The number of aromatic nitrogens is 2. The molecule has 0 radical (unpaired) electrons. The van der Waals surface area contributed by atoms with Gasteiger partial charge in [-0.3, -0.25) is 0 Å². The third-order valence-electron chi connectivity index (χ3n) is 2.67. The van der Waals surface area contributed by atoms with Gasteiger partial charge in [-0.15, -0.1) is 0 Å². The van der Waals surface area contributed by atoms with Gasteiger partial charge < -0.3 is 16.0 Å². The van der Waals surface area contributed by atoms with Gasteiger partial charge in [0.15, 0.2) is 11.6 Å². The van der Waals surface area contributed by atoms with E-state index in [-0.39, 0.29) is 0 Å². The summed E-state index contributed by atoms with van der Waals surface area (Å²) >= 11 is 0. The molecule has 1 aliphatic heterocycles. The first kappa shape index (κ1) is 9.89. The van der Waals surface area contributed by atoms with Crippen molar-refractivity contribution in [1.82, 2.24) is 9.97 Å². The highest BCUT2D eigenvalue weighted by molar-refractivity contribution is 5.79. The van der Waals surface area contributed by atoms with Crippen LogP contribution in [0, 0.1) is 0 Å². The molecule has 0 saturated carbocycles. The number of hydrogen-bond donors (Lipinski definition) is 3. The molecule has 0 bridgehead atoms. The van der Waals surface area contributed by atoms with Crippen molar-refractivity contribution in [2.24, 2.45) is 0 Å². The molecule has 3 N–H and O–H groups in total. The molecule has 1 aliphatic rings. The predicted octanol–water partition coefficient (Wildman–Crippen LogP) is 1.88. The van der Waals surface area contributed by atoms with Gasteiger partial charge in [-0.1, -0.05) is 30.3 Å². The van der Waals surface area contributed by atoms with Crippen molar-refractivity contribution in [3.05, 3.63) is 42.2 Å². The van der Waals surface area contributed by atoms with Crippen LogP contribution in [0.3, 0.4) is 0 Å². The maximum atomic E-state index is 4.24. The van der Waals surface area contributed by atoms with Crippen LogP contribution in [-0.2, 0) is 6.54 Å². The van der Waals surface area contributed by atoms with E-state index in [0.717, 1.165) is 23.9 Å². The Hall–Kier alpha value is -2.30. The van der Waals surface area contributed by atoms with Crippen molar-refractivity contribution in [2.45, 2.75) is 6.54 Å². The zero-order valence-electron chi connectivity index (χ0n) is 9.27. The molecule has 0 saturated heterocycles. The van der Waals surface area contributed by atoms with Crippen LogP contribution < -0.4 is 16.0 Å². The van der Waals surface area contributed by atoms with Gasteiger partial charge in [-0.25, -0.2) is 9.97 Å². The van der Waals surface area contributed by atoms with Gasteiger partial charge in [0.1, 0.15) is 12.0 Å². The lowest BCUT2D eigenvalue weighted by Crippen LogP contribution is -2.04. The summed E-state index contributed by atoms with van der Waals surface area (Å²) in [5.74, 6) is 1.69. The van der Waals surface area contributed by atoms with E-state index in [1.165, 1.54) is 5.56 Å². The molecule has 17 heavy (non-hydrogen) atoms. The quantitative estimate of drug-likeness (QED) is 0.747. The first-order valence-electron chi connectivity index (χ1n) is 5.54. The van der Waals surface area contributed by atoms with E-state index in [1.54, 1.807) is 6.33 Å². The monoisotopic (exact) mass is 227 g/mol. The van der Waals surface area contributed by atoms with E-state index >= 15 is 0 Å². The Bertz CT molecular complexity index is 512. The molecule has 5 nitrogen and oxygen atoms in total. The van der Waals surface area contributed by atoms with Crippen molar-refractivity contribution in [1.29, 1.82) is 0 Å². The standard InChI is InChI=1S/C12H13N5/c1-2-4-9(5-3-1)6-13-11-10-12(15-7-14-10)17-8-16-11/h1-5,8,14H,6-7H2,(H2,13,15,16,17). The van der Waals surface area contributed by atoms with E-state index in [2.05, 4.69) is 38.1 Å². The molecule has 0 amide bonds. The van der Waals surface area contributed by atoms with Crippen molar-refractivity contribution >= 4 is 17.3 Å². The van der Waals surface area contributed by atoms with Gasteiger partial charge in [0.05, 0.1) is 6.67 Å². The summed E-state index contributed by atoms with van der Waals surface area (Å²) in [6, 6.07) is 10.2. The van der Waals surface area contributed by atoms with Crippen LogP contribution in [-0.4, -0.2) is 16.6 Å². The van der Waals surface area contributed by atoms with E-state index in [1.807, 2.05) is 18.2 Å². The zero-order valence-corrected chi connectivity index (χ0v) is 9.27. The topological polar surface area (TPSA) is 61.9 Å². The number of hydrogen-bond acceptors (Lipinski definition) is 5. The first-order valence-corrected chi connectivity index (χ1v) is 5.54. The van der Waals surface area contributed by atoms with E-state index in [0.29, 0.717) is 6.67 Å². The summed E-state index contributed by atoms with van der Waals surface area (Å²) < 4.78 is 0. The fourth-order valence-corrected chi connectivity index (χ4v) is 1.82. The Balaban J connectivity index is 1.76. The molecule has 5 heteroatoms. The summed E-state index contributed by atoms with van der Waals surface area (Å²) in [6.45, 7) is 1.46. The average Bonchev–Trinajstić information content (AvgIpc) is 2.86. The van der Waals surface area contributed by atoms with Crippen LogP contribution in [0.15, 0.2) is 36.7 Å². The summed E-state index contributed by atoms with van der Waals surface area (Å²) in [5, 5.41) is 9.65. The Morgan fingerprint density at radius 2 is 2.00 bits per heavy atom. The highest BCUT2D eigenvalue weighted by atomic mass is 15.2. The summed E-state index contributed by atoms with van der Waals surface area (Å²) in [6.07, 6.45) is 1.56. The predicted molar refractivity (Wildman–Crippen MR) is 67.9 cm³/mol. The van der Waals surface area contributed by atoms with Crippen molar-refractivity contribution < 1.29 is 0 Å². The molecule has 0 fully saturated rings. The Morgan fingerprint density at radius 3 is 2.88 bits per heavy atom. The SMILES string of the molecule is c1ccc(CNc2ncnc3c2NCN3)cc1. The smallest absolute Gasteiger partial charge is 0.156 e. The first-order chi connectivity index (χ1) is 8.43.